The van der Waals surface area contributed by atoms with Crippen LogP contribution < -0.4 is 5.32 Å². The van der Waals surface area contributed by atoms with Crippen LogP contribution in [0.2, 0.25) is 5.02 Å². The molecule has 1 aromatic carbocycles. The van der Waals surface area contributed by atoms with Crippen LogP contribution in [0, 0.1) is 0 Å². The number of carbonyl (C=O) groups is 1. The maximum atomic E-state index is 11.2. The van der Waals surface area contributed by atoms with Gasteiger partial charge in [-0.1, -0.05) is 16.8 Å². The Morgan fingerprint density at radius 1 is 1.35 bits per heavy atom. The molecule has 7 heteroatoms. The molecule has 0 saturated carbocycles. The average molecular weight is 378 g/mol. The van der Waals surface area contributed by atoms with Crippen molar-refractivity contribution in [2.45, 2.75) is 31.8 Å². The fourth-order valence-corrected chi connectivity index (χ4v) is 3.25. The quantitative estimate of drug-likeness (QED) is 0.830. The molecule has 1 aliphatic rings. The van der Waals surface area contributed by atoms with E-state index in [-0.39, 0.29) is 12.2 Å². The van der Waals surface area contributed by atoms with E-state index < -0.39 is 0 Å². The third kappa shape index (κ3) is 5.22. The molecular formula is C19H24ClN3O3. The van der Waals surface area contributed by atoms with Crippen molar-refractivity contribution in [2.75, 3.05) is 26.7 Å². The molecule has 1 aliphatic heterocycles. The Morgan fingerprint density at radius 3 is 2.77 bits per heavy atom. The van der Waals surface area contributed by atoms with E-state index in [9.17, 15) is 4.79 Å². The third-order valence-corrected chi connectivity index (χ3v) is 4.86. The first-order chi connectivity index (χ1) is 12.6. The van der Waals surface area contributed by atoms with Gasteiger partial charge in [-0.25, -0.2) is 4.79 Å². The number of amides is 1. The summed E-state index contributed by atoms with van der Waals surface area (Å²) < 4.78 is 10.7. The number of halogens is 1. The molecule has 6 nitrogen and oxygen atoms in total. The number of alkyl carbamates (subject to hydrolysis) is 1. The minimum Gasteiger partial charge on any atom is -0.446 e. The van der Waals surface area contributed by atoms with E-state index in [2.05, 4.69) is 15.4 Å². The number of likely N-dealkylation sites (tertiary alicyclic amines) is 1. The Bertz CT molecular complexity index is 709. The monoisotopic (exact) mass is 377 g/mol. The van der Waals surface area contributed by atoms with E-state index in [1.54, 1.807) is 7.05 Å². The highest BCUT2D eigenvalue weighted by Crippen LogP contribution is 2.23. The lowest BCUT2D eigenvalue weighted by Crippen LogP contribution is -2.39. The summed E-state index contributed by atoms with van der Waals surface area (Å²) in [5, 5.41) is 7.36. The maximum Gasteiger partial charge on any atom is 0.407 e. The van der Waals surface area contributed by atoms with E-state index in [4.69, 9.17) is 20.9 Å². The summed E-state index contributed by atoms with van der Waals surface area (Å²) in [6.45, 7) is 2.92. The van der Waals surface area contributed by atoms with Gasteiger partial charge in [0, 0.05) is 36.8 Å². The summed E-state index contributed by atoms with van der Waals surface area (Å²) in [6.07, 6.45) is 3.37. The van der Waals surface area contributed by atoms with Gasteiger partial charge in [0.05, 0.1) is 5.69 Å². The van der Waals surface area contributed by atoms with E-state index >= 15 is 0 Å². The summed E-state index contributed by atoms with van der Waals surface area (Å²) in [5.41, 5.74) is 1.94. The number of hydrogen-bond donors (Lipinski definition) is 1. The van der Waals surface area contributed by atoms with Crippen molar-refractivity contribution in [2.24, 2.45) is 0 Å². The smallest absolute Gasteiger partial charge is 0.407 e. The highest BCUT2D eigenvalue weighted by molar-refractivity contribution is 6.30. The summed E-state index contributed by atoms with van der Waals surface area (Å²) in [5.74, 6) is 0.767. The van der Waals surface area contributed by atoms with Crippen molar-refractivity contribution < 1.29 is 14.1 Å². The number of rotatable bonds is 6. The van der Waals surface area contributed by atoms with Crippen molar-refractivity contribution in [1.82, 2.24) is 15.4 Å². The van der Waals surface area contributed by atoms with Crippen LogP contribution in [-0.4, -0.2) is 48.9 Å². The number of hydrogen-bond acceptors (Lipinski definition) is 5. The number of ether oxygens (including phenoxy) is 1. The normalized spacial score (nSPS) is 15.8. The molecule has 2 aromatic rings. The molecule has 2 heterocycles. The molecule has 0 unspecified atom stereocenters. The van der Waals surface area contributed by atoms with E-state index in [1.807, 2.05) is 30.3 Å². The number of piperidine rings is 1. The second-order valence-electron chi connectivity index (χ2n) is 6.49. The van der Waals surface area contributed by atoms with E-state index in [1.165, 1.54) is 0 Å². The Kier molecular flexibility index (Phi) is 6.52. The highest BCUT2D eigenvalue weighted by atomic mass is 35.5. The van der Waals surface area contributed by atoms with Crippen molar-refractivity contribution in [3.8, 4) is 11.3 Å². The van der Waals surface area contributed by atoms with Crippen LogP contribution in [0.4, 0.5) is 4.79 Å². The van der Waals surface area contributed by atoms with Gasteiger partial charge in [-0.3, -0.25) is 0 Å². The van der Waals surface area contributed by atoms with Crippen LogP contribution in [0.3, 0.4) is 0 Å². The Morgan fingerprint density at radius 2 is 2.08 bits per heavy atom. The maximum absolute atomic E-state index is 11.2. The van der Waals surface area contributed by atoms with Gasteiger partial charge < -0.3 is 19.5 Å². The first-order valence-electron chi connectivity index (χ1n) is 8.96. The minimum absolute atomic E-state index is 0.0312. The van der Waals surface area contributed by atoms with Crippen LogP contribution in [-0.2, 0) is 11.2 Å². The van der Waals surface area contributed by atoms with Gasteiger partial charge in [0.15, 0.2) is 5.76 Å². The molecule has 26 heavy (non-hydrogen) atoms. The number of nitrogens with zero attached hydrogens (tertiary/aromatic N) is 2. The summed E-state index contributed by atoms with van der Waals surface area (Å²) in [4.78, 5) is 13.6. The number of nitrogens with one attached hydrogen (secondary N) is 1. The predicted octanol–water partition coefficient (Wildman–Crippen LogP) is 3.75. The predicted molar refractivity (Wildman–Crippen MR) is 100 cm³/mol. The highest BCUT2D eigenvalue weighted by Gasteiger charge is 2.21. The van der Waals surface area contributed by atoms with Crippen molar-refractivity contribution in [3.63, 3.8) is 0 Å². The molecule has 0 atom stereocenters. The summed E-state index contributed by atoms with van der Waals surface area (Å²) in [6, 6.07) is 9.54. The van der Waals surface area contributed by atoms with Crippen molar-refractivity contribution >= 4 is 17.7 Å². The van der Waals surface area contributed by atoms with Gasteiger partial charge >= 0.3 is 6.09 Å². The van der Waals surface area contributed by atoms with Crippen LogP contribution in [0.25, 0.3) is 11.3 Å². The van der Waals surface area contributed by atoms with Crippen LogP contribution in [0.15, 0.2) is 34.9 Å². The zero-order valence-corrected chi connectivity index (χ0v) is 15.7. The number of carbonyl (C=O) groups excluding carboxylic acids is 1. The molecular weight excluding hydrogens is 354 g/mol. The van der Waals surface area contributed by atoms with Crippen molar-refractivity contribution in [1.29, 1.82) is 0 Å². The van der Waals surface area contributed by atoms with Gasteiger partial charge in [0.1, 0.15) is 6.10 Å². The minimum atomic E-state index is -0.342. The fourth-order valence-electron chi connectivity index (χ4n) is 3.12. The molecule has 1 fully saturated rings. The summed E-state index contributed by atoms with van der Waals surface area (Å²) in [7, 11) is 1.58. The van der Waals surface area contributed by atoms with E-state index in [0.717, 1.165) is 62.3 Å². The lowest BCUT2D eigenvalue weighted by atomic mass is 10.1. The number of aryl methyl sites for hydroxylation is 1. The topological polar surface area (TPSA) is 67.6 Å². The molecule has 0 bridgehead atoms. The van der Waals surface area contributed by atoms with Gasteiger partial charge in [0.2, 0.25) is 0 Å². The summed E-state index contributed by atoms with van der Waals surface area (Å²) >= 11 is 5.91. The Labute approximate surface area is 158 Å². The zero-order chi connectivity index (χ0) is 18.4. The lowest BCUT2D eigenvalue weighted by Gasteiger charge is -2.31. The molecule has 1 aromatic heterocycles. The lowest BCUT2D eigenvalue weighted by molar-refractivity contribution is 0.0516. The molecule has 0 spiro atoms. The first kappa shape index (κ1) is 18.7. The van der Waals surface area contributed by atoms with Gasteiger partial charge in [-0.05, 0) is 56.5 Å². The molecule has 1 amide bonds. The molecule has 0 radical (unpaired) electrons. The zero-order valence-electron chi connectivity index (χ0n) is 14.9. The van der Waals surface area contributed by atoms with Crippen LogP contribution in [0.1, 0.15) is 25.0 Å². The third-order valence-electron chi connectivity index (χ3n) is 4.61. The molecule has 140 valence electrons. The number of aromatic nitrogens is 1. The molecule has 1 N–H and O–H groups in total. The Hall–Kier alpha value is -2.05. The Balaban J connectivity index is 1.39. The first-order valence-corrected chi connectivity index (χ1v) is 9.34. The van der Waals surface area contributed by atoms with Crippen LogP contribution >= 0.6 is 11.6 Å². The van der Waals surface area contributed by atoms with Crippen molar-refractivity contribution in [3.05, 3.63) is 41.0 Å². The number of benzene rings is 1. The van der Waals surface area contributed by atoms with Gasteiger partial charge in [0.25, 0.3) is 0 Å². The average Bonchev–Trinajstić information content (AvgIpc) is 3.12. The second-order valence-corrected chi connectivity index (χ2v) is 6.93. The molecule has 1 saturated heterocycles. The largest absolute Gasteiger partial charge is 0.446 e. The van der Waals surface area contributed by atoms with Gasteiger partial charge in [-0.2, -0.15) is 0 Å². The molecule has 0 aliphatic carbocycles. The van der Waals surface area contributed by atoms with Crippen LogP contribution in [0.5, 0.6) is 0 Å². The fraction of sp³-hybridized carbons (Fsp3) is 0.474. The van der Waals surface area contributed by atoms with E-state index in [0.29, 0.717) is 5.02 Å². The standard InChI is InChI=1S/C19H24ClN3O3/c1-21-19(24)25-17-8-11-23(12-9-17)10-2-3-16-13-18(26-22-16)14-4-6-15(20)7-5-14/h4-7,13,17H,2-3,8-12H2,1H3,(H,21,24). The SMILES string of the molecule is CNC(=O)OC1CCN(CCCc2cc(-c3ccc(Cl)cc3)on2)CC1. The van der Waals surface area contributed by atoms with Gasteiger partial charge in [-0.15, -0.1) is 0 Å². The molecule has 3 rings (SSSR count). The second kappa shape index (κ2) is 9.05.